The first-order valence-corrected chi connectivity index (χ1v) is 14.0. The molecule has 0 spiro atoms. The normalized spacial score (nSPS) is 24.2. The average Bonchev–Trinajstić information content (AvgIpc) is 2.91. The fourth-order valence-corrected chi connectivity index (χ4v) is 6.11. The van der Waals surface area contributed by atoms with Crippen LogP contribution in [-0.4, -0.2) is 12.1 Å². The smallest absolute Gasteiger partial charge is 0.341 e. The van der Waals surface area contributed by atoms with E-state index in [1.54, 1.807) is 12.1 Å². The Hall–Kier alpha value is -2.37. The predicted molar refractivity (Wildman–Crippen MR) is 137 cm³/mol. The van der Waals surface area contributed by atoms with Crippen molar-refractivity contribution < 1.29 is 27.1 Å². The Bertz CT molecular complexity index is 1080. The lowest BCUT2D eigenvalue weighted by Gasteiger charge is -2.30. The van der Waals surface area contributed by atoms with Gasteiger partial charge < -0.3 is 4.74 Å². The lowest BCUT2D eigenvalue weighted by atomic mass is 9.76. The zero-order valence-corrected chi connectivity index (χ0v) is 21.9. The number of halogens is 4. The van der Waals surface area contributed by atoms with Crippen molar-refractivity contribution in [3.8, 4) is 0 Å². The van der Waals surface area contributed by atoms with E-state index in [0.717, 1.165) is 44.9 Å². The molecule has 0 atom stereocenters. The lowest BCUT2D eigenvalue weighted by molar-refractivity contribution is 0.0188. The maximum atomic E-state index is 15.1. The summed E-state index contributed by atoms with van der Waals surface area (Å²) in [7, 11) is 0. The molecule has 2 aliphatic carbocycles. The molecular formula is C31H38F4O2. The molecule has 2 saturated carbocycles. The number of rotatable bonds is 8. The number of unbranched alkanes of at least 4 members (excludes halogenated alkanes) is 1. The molecule has 2 fully saturated rings. The SMILES string of the molecule is CCCCc1ccc(C(=O)OC2CCC(c3ccc(C4CCC(CC)CC4)c(F)c3F)CC2)c(F)c1F. The van der Waals surface area contributed by atoms with E-state index >= 15 is 8.78 Å². The highest BCUT2D eigenvalue weighted by Gasteiger charge is 2.31. The van der Waals surface area contributed by atoms with E-state index in [1.165, 1.54) is 12.1 Å². The second-order valence-electron chi connectivity index (χ2n) is 10.9. The number of carbonyl (C=O) groups is 1. The minimum Gasteiger partial charge on any atom is -0.459 e. The number of benzene rings is 2. The fraction of sp³-hybridized carbons (Fsp3) is 0.581. The van der Waals surface area contributed by atoms with Crippen molar-refractivity contribution in [2.45, 2.75) is 109 Å². The second kappa shape index (κ2) is 12.4. The van der Waals surface area contributed by atoms with E-state index in [1.807, 2.05) is 6.92 Å². The first kappa shape index (κ1) is 27.7. The molecule has 6 heteroatoms. The molecule has 0 aliphatic heterocycles. The Morgan fingerprint density at radius 1 is 0.757 bits per heavy atom. The van der Waals surface area contributed by atoms with Crippen molar-refractivity contribution in [1.82, 2.24) is 0 Å². The Morgan fingerprint density at radius 2 is 1.32 bits per heavy atom. The molecule has 0 saturated heterocycles. The van der Waals surface area contributed by atoms with Crippen LogP contribution >= 0.6 is 0 Å². The van der Waals surface area contributed by atoms with Crippen molar-refractivity contribution in [2.24, 2.45) is 5.92 Å². The minimum atomic E-state index is -1.17. The Balaban J connectivity index is 1.35. The number of aryl methyl sites for hydroxylation is 1. The summed E-state index contributed by atoms with van der Waals surface area (Å²) in [5.74, 6) is -3.93. The average molecular weight is 519 g/mol. The van der Waals surface area contributed by atoms with Crippen molar-refractivity contribution in [1.29, 1.82) is 0 Å². The van der Waals surface area contributed by atoms with Gasteiger partial charge in [-0.05, 0) is 105 Å². The van der Waals surface area contributed by atoms with Crippen LogP contribution in [0, 0.1) is 29.2 Å². The fourth-order valence-electron chi connectivity index (χ4n) is 6.11. The summed E-state index contributed by atoms with van der Waals surface area (Å²) >= 11 is 0. The number of esters is 1. The minimum absolute atomic E-state index is 0.0763. The number of hydrogen-bond donors (Lipinski definition) is 0. The van der Waals surface area contributed by atoms with E-state index in [-0.39, 0.29) is 17.4 Å². The number of carbonyl (C=O) groups excluding carboxylic acids is 1. The summed E-state index contributed by atoms with van der Waals surface area (Å²) in [6.07, 6.45) is 8.57. The molecule has 2 aliphatic rings. The highest BCUT2D eigenvalue weighted by molar-refractivity contribution is 5.90. The van der Waals surface area contributed by atoms with Crippen molar-refractivity contribution in [2.75, 3.05) is 0 Å². The number of ether oxygens (including phenoxy) is 1. The topological polar surface area (TPSA) is 26.3 Å². The molecule has 0 N–H and O–H groups in total. The molecule has 0 unspecified atom stereocenters. The first-order valence-electron chi connectivity index (χ1n) is 14.0. The summed E-state index contributed by atoms with van der Waals surface area (Å²) in [6, 6.07) is 6.22. The third-order valence-corrected chi connectivity index (χ3v) is 8.58. The Kier molecular flexibility index (Phi) is 9.31. The predicted octanol–water partition coefficient (Wildman–Crippen LogP) is 9.15. The van der Waals surface area contributed by atoms with Gasteiger partial charge in [-0.25, -0.2) is 22.4 Å². The molecule has 202 valence electrons. The zero-order valence-electron chi connectivity index (χ0n) is 21.9. The number of hydrogen-bond acceptors (Lipinski definition) is 2. The van der Waals surface area contributed by atoms with Crippen molar-refractivity contribution >= 4 is 5.97 Å². The summed E-state index contributed by atoms with van der Waals surface area (Å²) in [5.41, 5.74) is 0.722. The quantitative estimate of drug-likeness (QED) is 0.257. The monoisotopic (exact) mass is 518 g/mol. The van der Waals surface area contributed by atoms with Gasteiger partial charge in [0, 0.05) is 0 Å². The summed E-state index contributed by atoms with van der Waals surface area (Å²) in [5, 5.41) is 0. The molecule has 4 rings (SSSR count). The largest absolute Gasteiger partial charge is 0.459 e. The van der Waals surface area contributed by atoms with Crippen LogP contribution in [0.4, 0.5) is 17.6 Å². The van der Waals surface area contributed by atoms with Gasteiger partial charge in [0.2, 0.25) is 0 Å². The van der Waals surface area contributed by atoms with Gasteiger partial charge in [0.05, 0.1) is 5.56 Å². The van der Waals surface area contributed by atoms with Crippen LogP contribution in [0.15, 0.2) is 24.3 Å². The van der Waals surface area contributed by atoms with Gasteiger partial charge in [-0.3, -0.25) is 0 Å². The third-order valence-electron chi connectivity index (χ3n) is 8.58. The van der Waals surface area contributed by atoms with Crippen LogP contribution in [0.1, 0.15) is 123 Å². The molecule has 2 nitrogen and oxygen atoms in total. The maximum Gasteiger partial charge on any atom is 0.341 e. The van der Waals surface area contributed by atoms with E-state index in [4.69, 9.17) is 4.74 Å². The third kappa shape index (κ3) is 6.21. The van der Waals surface area contributed by atoms with Gasteiger partial charge in [0.15, 0.2) is 23.3 Å². The second-order valence-corrected chi connectivity index (χ2v) is 10.9. The molecule has 0 radical (unpaired) electrons. The van der Waals surface area contributed by atoms with Crippen molar-refractivity contribution in [3.05, 3.63) is 69.8 Å². The van der Waals surface area contributed by atoms with E-state index < -0.39 is 40.9 Å². The Morgan fingerprint density at radius 3 is 1.86 bits per heavy atom. The zero-order chi connectivity index (χ0) is 26.5. The summed E-state index contributed by atoms with van der Waals surface area (Å²) in [6.45, 7) is 4.15. The lowest BCUT2D eigenvalue weighted by Crippen LogP contribution is -2.25. The van der Waals surface area contributed by atoms with E-state index in [9.17, 15) is 13.6 Å². The molecule has 2 aromatic carbocycles. The van der Waals surface area contributed by atoms with Crippen LogP contribution in [0.2, 0.25) is 0 Å². The summed E-state index contributed by atoms with van der Waals surface area (Å²) < 4.78 is 64.6. The van der Waals surface area contributed by atoms with Gasteiger partial charge in [-0.2, -0.15) is 0 Å². The molecule has 0 bridgehead atoms. The van der Waals surface area contributed by atoms with Gasteiger partial charge >= 0.3 is 5.97 Å². The molecule has 0 heterocycles. The first-order chi connectivity index (χ1) is 17.8. The highest BCUT2D eigenvalue weighted by Crippen LogP contribution is 2.41. The van der Waals surface area contributed by atoms with Gasteiger partial charge in [-0.15, -0.1) is 0 Å². The molecule has 2 aromatic rings. The van der Waals surface area contributed by atoms with Crippen LogP contribution in [0.25, 0.3) is 0 Å². The maximum absolute atomic E-state index is 15.1. The van der Waals surface area contributed by atoms with Crippen LogP contribution in [0.5, 0.6) is 0 Å². The van der Waals surface area contributed by atoms with Gasteiger partial charge in [0.1, 0.15) is 6.10 Å². The van der Waals surface area contributed by atoms with Crippen molar-refractivity contribution in [3.63, 3.8) is 0 Å². The van der Waals surface area contributed by atoms with Gasteiger partial charge in [-0.1, -0.05) is 44.9 Å². The van der Waals surface area contributed by atoms with Crippen LogP contribution < -0.4 is 0 Å². The summed E-state index contributed by atoms with van der Waals surface area (Å²) in [4.78, 5) is 12.6. The molecule has 0 aromatic heterocycles. The van der Waals surface area contributed by atoms with Crippen LogP contribution in [-0.2, 0) is 11.2 Å². The highest BCUT2D eigenvalue weighted by atomic mass is 19.2. The van der Waals surface area contributed by atoms with E-state index in [0.29, 0.717) is 49.1 Å². The Labute approximate surface area is 217 Å². The molecule has 37 heavy (non-hydrogen) atoms. The van der Waals surface area contributed by atoms with E-state index in [2.05, 4.69) is 6.92 Å². The standard InChI is InChI=1S/C31H38F4O2/c1-3-5-6-22-13-16-26(30(35)27(22)32)31(36)37-23-14-11-21(12-15-23)25-18-17-24(28(33)29(25)34)20-9-7-19(4-2)8-10-20/h13,16-21,23H,3-12,14-15H2,1-2H3. The van der Waals surface area contributed by atoms with Gasteiger partial charge in [0.25, 0.3) is 0 Å². The van der Waals surface area contributed by atoms with Crippen LogP contribution in [0.3, 0.4) is 0 Å². The molecular weight excluding hydrogens is 480 g/mol. The molecule has 0 amide bonds.